The Morgan fingerprint density at radius 1 is 1.26 bits per heavy atom. The number of aryl methyl sites for hydroxylation is 1. The van der Waals surface area contributed by atoms with Crippen molar-refractivity contribution in [1.29, 1.82) is 0 Å². The average Bonchev–Trinajstić information content (AvgIpc) is 3.29. The summed E-state index contributed by atoms with van der Waals surface area (Å²) in [6.07, 6.45) is 11.8. The first-order valence-corrected chi connectivity index (χ1v) is 12.6. The van der Waals surface area contributed by atoms with Crippen LogP contribution in [0.5, 0.6) is 0 Å². The lowest BCUT2D eigenvalue weighted by atomic mass is 9.60. The molecule has 2 aliphatic carbocycles. The van der Waals surface area contributed by atoms with Gasteiger partial charge >= 0.3 is 0 Å². The molecule has 0 spiro atoms. The van der Waals surface area contributed by atoms with Crippen molar-refractivity contribution in [2.75, 3.05) is 17.7 Å². The molecule has 0 saturated heterocycles. The van der Waals surface area contributed by atoms with Crippen molar-refractivity contribution in [2.45, 2.75) is 57.9 Å². The van der Waals surface area contributed by atoms with E-state index < -0.39 is 17.8 Å². The number of pyridine rings is 1. The van der Waals surface area contributed by atoms with Gasteiger partial charge < -0.3 is 15.6 Å². The monoisotopic (exact) mass is 480 g/mol. The third-order valence-electron chi connectivity index (χ3n) is 7.69. The standard InChI is InChI=1S/C26H36N6O3/c1-4-19(17-8-6-5-7-9-17)30-25(34)23-22(26(35)32(3)21-14-31(2)15-29-21)18(24(23)33)12-16-10-11-28-20(27)13-16/h10-11,13-15,17-19,22-23H,4-9,12H2,1-3H3,(H2,27,28)(H,30,34)/t18-,19-,22-,23?/m1/s1. The lowest BCUT2D eigenvalue weighted by Crippen LogP contribution is -2.62. The molecule has 2 fully saturated rings. The molecular weight excluding hydrogens is 444 g/mol. The number of carbonyl (C=O) groups is 3. The van der Waals surface area contributed by atoms with Crippen molar-refractivity contribution < 1.29 is 14.4 Å². The van der Waals surface area contributed by atoms with E-state index in [0.717, 1.165) is 24.8 Å². The summed E-state index contributed by atoms with van der Waals surface area (Å²) < 4.78 is 1.75. The molecule has 0 aliphatic heterocycles. The fourth-order valence-electron chi connectivity index (χ4n) is 5.68. The zero-order valence-electron chi connectivity index (χ0n) is 20.8. The van der Waals surface area contributed by atoms with Gasteiger partial charge in [-0.3, -0.25) is 19.3 Å². The Bertz CT molecular complexity index is 1080. The Hall–Kier alpha value is -3.23. The molecule has 9 nitrogen and oxygen atoms in total. The minimum absolute atomic E-state index is 0.0268. The number of Topliss-reactive ketones (excluding diaryl/α,β-unsaturated/α-hetero) is 1. The van der Waals surface area contributed by atoms with E-state index in [0.29, 0.717) is 24.0 Å². The van der Waals surface area contributed by atoms with Crippen molar-refractivity contribution >= 4 is 29.2 Å². The topological polar surface area (TPSA) is 123 Å². The van der Waals surface area contributed by atoms with Crippen molar-refractivity contribution in [3.63, 3.8) is 0 Å². The SMILES string of the molecule is CC[C@@H](NC(=O)C1C(=O)[C@H](Cc2ccnc(N)c2)[C@H]1C(=O)N(C)c1cn(C)cn1)C1CCCCC1. The van der Waals surface area contributed by atoms with Crippen LogP contribution < -0.4 is 16.0 Å². The normalized spacial score (nSPS) is 23.4. The highest BCUT2D eigenvalue weighted by Gasteiger charge is 2.57. The Kier molecular flexibility index (Phi) is 7.52. The zero-order chi connectivity index (χ0) is 25.1. The van der Waals surface area contributed by atoms with Gasteiger partial charge in [0.05, 0.1) is 12.2 Å². The summed E-state index contributed by atoms with van der Waals surface area (Å²) in [5.41, 5.74) is 6.64. The largest absolute Gasteiger partial charge is 0.384 e. The second-order valence-electron chi connectivity index (χ2n) is 10.0. The van der Waals surface area contributed by atoms with Crippen LogP contribution in [0.1, 0.15) is 51.0 Å². The van der Waals surface area contributed by atoms with E-state index in [1.54, 1.807) is 42.5 Å². The van der Waals surface area contributed by atoms with E-state index >= 15 is 0 Å². The number of rotatable bonds is 8. The van der Waals surface area contributed by atoms with Crippen LogP contribution in [0.4, 0.5) is 11.6 Å². The molecule has 0 aromatic carbocycles. The van der Waals surface area contributed by atoms with Crippen LogP contribution in [-0.2, 0) is 27.9 Å². The molecule has 2 aliphatic rings. The smallest absolute Gasteiger partial charge is 0.233 e. The van der Waals surface area contributed by atoms with E-state index in [1.165, 1.54) is 24.2 Å². The summed E-state index contributed by atoms with van der Waals surface area (Å²) in [5, 5.41) is 3.15. The molecule has 2 amide bonds. The van der Waals surface area contributed by atoms with Crippen LogP contribution in [0, 0.1) is 23.7 Å². The summed E-state index contributed by atoms with van der Waals surface area (Å²) in [5.74, 6) is -1.87. The molecule has 188 valence electrons. The number of anilines is 2. The predicted molar refractivity (Wildman–Crippen MR) is 133 cm³/mol. The zero-order valence-corrected chi connectivity index (χ0v) is 20.8. The highest BCUT2D eigenvalue weighted by molar-refractivity contribution is 6.15. The first kappa shape index (κ1) is 24.9. The number of aromatic nitrogens is 3. The van der Waals surface area contributed by atoms with Gasteiger partial charge in [0.25, 0.3) is 0 Å². The van der Waals surface area contributed by atoms with E-state index in [2.05, 4.69) is 22.2 Å². The number of hydrogen-bond donors (Lipinski definition) is 2. The third kappa shape index (κ3) is 5.23. The van der Waals surface area contributed by atoms with Crippen LogP contribution in [0.3, 0.4) is 0 Å². The highest BCUT2D eigenvalue weighted by atomic mass is 16.2. The molecule has 4 atom stereocenters. The Labute approximate surface area is 206 Å². The van der Waals surface area contributed by atoms with Crippen molar-refractivity contribution in [2.24, 2.45) is 30.7 Å². The van der Waals surface area contributed by atoms with Gasteiger partial charge in [0, 0.05) is 38.4 Å². The van der Waals surface area contributed by atoms with E-state index in [4.69, 9.17) is 5.73 Å². The van der Waals surface area contributed by atoms with Gasteiger partial charge in [0.1, 0.15) is 17.5 Å². The molecule has 4 rings (SSSR count). The maximum Gasteiger partial charge on any atom is 0.233 e. The third-order valence-corrected chi connectivity index (χ3v) is 7.69. The Morgan fingerprint density at radius 2 is 2.00 bits per heavy atom. The first-order chi connectivity index (χ1) is 16.8. The van der Waals surface area contributed by atoms with Gasteiger partial charge in [-0.1, -0.05) is 26.2 Å². The number of nitrogens with one attached hydrogen (secondary N) is 1. The number of imidazole rings is 1. The van der Waals surface area contributed by atoms with E-state index in [9.17, 15) is 14.4 Å². The number of hydrogen-bond acceptors (Lipinski definition) is 6. The van der Waals surface area contributed by atoms with E-state index in [1.807, 2.05) is 7.05 Å². The molecule has 0 radical (unpaired) electrons. The molecule has 2 aromatic heterocycles. The highest BCUT2D eigenvalue weighted by Crippen LogP contribution is 2.41. The lowest BCUT2D eigenvalue weighted by Gasteiger charge is -2.43. The molecule has 2 heterocycles. The van der Waals surface area contributed by atoms with Gasteiger partial charge in [-0.15, -0.1) is 0 Å². The summed E-state index contributed by atoms with van der Waals surface area (Å²) in [7, 11) is 3.46. The maximum atomic E-state index is 13.6. The van der Waals surface area contributed by atoms with Gasteiger partial charge in [0.2, 0.25) is 11.8 Å². The molecule has 35 heavy (non-hydrogen) atoms. The van der Waals surface area contributed by atoms with Crippen LogP contribution in [-0.4, -0.2) is 45.2 Å². The Balaban J connectivity index is 1.56. The number of carbonyl (C=O) groups excluding carboxylic acids is 3. The van der Waals surface area contributed by atoms with E-state index in [-0.39, 0.29) is 23.6 Å². The van der Waals surface area contributed by atoms with Gasteiger partial charge in [0.15, 0.2) is 5.82 Å². The first-order valence-electron chi connectivity index (χ1n) is 12.6. The second kappa shape index (κ2) is 10.6. The van der Waals surface area contributed by atoms with Crippen LogP contribution in [0.25, 0.3) is 0 Å². The summed E-state index contributed by atoms with van der Waals surface area (Å²) in [4.78, 5) is 50.1. The number of nitrogen functional groups attached to an aromatic ring is 1. The Morgan fingerprint density at radius 3 is 2.63 bits per heavy atom. The van der Waals surface area contributed by atoms with Gasteiger partial charge in [-0.2, -0.15) is 0 Å². The number of amides is 2. The fraction of sp³-hybridized carbons (Fsp3) is 0.577. The molecular formula is C26H36N6O3. The summed E-state index contributed by atoms with van der Waals surface area (Å²) in [6.45, 7) is 2.07. The van der Waals surface area contributed by atoms with Gasteiger partial charge in [-0.05, 0) is 49.3 Å². The van der Waals surface area contributed by atoms with Crippen molar-refractivity contribution in [3.05, 3.63) is 36.4 Å². The fourth-order valence-corrected chi connectivity index (χ4v) is 5.68. The van der Waals surface area contributed by atoms with Crippen molar-refractivity contribution in [1.82, 2.24) is 19.9 Å². The maximum absolute atomic E-state index is 13.6. The predicted octanol–water partition coefficient (Wildman–Crippen LogP) is 2.51. The minimum Gasteiger partial charge on any atom is -0.384 e. The summed E-state index contributed by atoms with van der Waals surface area (Å²) in [6, 6.07) is 3.52. The number of ketones is 1. The quantitative estimate of drug-likeness (QED) is 0.560. The van der Waals surface area contributed by atoms with Crippen LogP contribution >= 0.6 is 0 Å². The molecule has 3 N–H and O–H groups in total. The summed E-state index contributed by atoms with van der Waals surface area (Å²) >= 11 is 0. The number of nitrogens with two attached hydrogens (primary N) is 1. The second-order valence-corrected chi connectivity index (χ2v) is 10.0. The van der Waals surface area contributed by atoms with Crippen LogP contribution in [0.2, 0.25) is 0 Å². The molecule has 2 aromatic rings. The van der Waals surface area contributed by atoms with Crippen molar-refractivity contribution in [3.8, 4) is 0 Å². The average molecular weight is 481 g/mol. The number of nitrogens with zero attached hydrogens (tertiary/aromatic N) is 4. The molecule has 9 heteroatoms. The minimum atomic E-state index is -0.990. The lowest BCUT2D eigenvalue weighted by molar-refractivity contribution is -0.158. The molecule has 1 unspecified atom stereocenters. The molecule has 0 bridgehead atoms. The van der Waals surface area contributed by atoms with Gasteiger partial charge in [-0.25, -0.2) is 9.97 Å². The molecule has 2 saturated carbocycles. The van der Waals surface area contributed by atoms with Crippen LogP contribution in [0.15, 0.2) is 30.9 Å².